The molecule has 0 aliphatic rings. The van der Waals surface area contributed by atoms with Crippen molar-refractivity contribution in [1.29, 1.82) is 0 Å². The summed E-state index contributed by atoms with van der Waals surface area (Å²) >= 11 is 0. The summed E-state index contributed by atoms with van der Waals surface area (Å²) in [6.45, 7) is 7.14. The van der Waals surface area contributed by atoms with Gasteiger partial charge in [0.05, 0.1) is 11.3 Å². The largest absolute Gasteiger partial charge is 0.365 e. The summed E-state index contributed by atoms with van der Waals surface area (Å²) < 4.78 is 14.1. The Balaban J connectivity index is 0.000000262. The number of aryl methyl sites for hydroxylation is 4. The number of carbonyl (C=O) groups excluding carboxylic acids is 2. The van der Waals surface area contributed by atoms with Crippen LogP contribution in [0.3, 0.4) is 0 Å². The predicted octanol–water partition coefficient (Wildman–Crippen LogP) is 4.05. The third-order valence-electron chi connectivity index (χ3n) is 4.61. The number of anilines is 1. The summed E-state index contributed by atoms with van der Waals surface area (Å²) in [5.74, 6) is -1.47. The molecule has 0 fully saturated rings. The average molecular weight is 423 g/mol. The lowest BCUT2D eigenvalue weighted by Crippen LogP contribution is -2.19. The number of hydrogen-bond acceptors (Lipinski definition) is 4. The molecular weight excluding hydrogens is 397 g/mol. The summed E-state index contributed by atoms with van der Waals surface area (Å²) in [5, 5.41) is 2.51. The molecule has 3 rings (SSSR count). The van der Waals surface area contributed by atoms with Crippen molar-refractivity contribution in [2.75, 3.05) is 5.32 Å². The van der Waals surface area contributed by atoms with Crippen LogP contribution in [-0.4, -0.2) is 21.9 Å². The quantitative estimate of drug-likeness (QED) is 0.585. The van der Waals surface area contributed by atoms with Gasteiger partial charge in [-0.05, 0) is 44.9 Å². The van der Waals surface area contributed by atoms with Crippen LogP contribution in [0.25, 0.3) is 11.1 Å². The van der Waals surface area contributed by atoms with Crippen LogP contribution in [0.1, 0.15) is 39.9 Å². The number of carbonyl (C=O) groups is 2. The molecule has 2 aromatic heterocycles. The monoisotopic (exact) mass is 423 g/mol. The first-order chi connectivity index (χ1) is 14.6. The van der Waals surface area contributed by atoms with Crippen molar-refractivity contribution >= 4 is 17.6 Å². The number of nitrogens with two attached hydrogens (primary N) is 2. The van der Waals surface area contributed by atoms with Crippen LogP contribution in [0.2, 0.25) is 0 Å². The van der Waals surface area contributed by atoms with Crippen LogP contribution in [0, 0.1) is 26.6 Å². The molecule has 1 aromatic carbocycles. The topological polar surface area (TPSA) is 124 Å². The van der Waals surface area contributed by atoms with Gasteiger partial charge in [-0.2, -0.15) is 0 Å². The van der Waals surface area contributed by atoms with Crippen molar-refractivity contribution in [1.82, 2.24) is 9.97 Å². The molecule has 0 bridgehead atoms. The summed E-state index contributed by atoms with van der Waals surface area (Å²) in [6.07, 6.45) is 2.42. The minimum Gasteiger partial charge on any atom is -0.365 e. The Morgan fingerprint density at radius 1 is 1.03 bits per heavy atom. The molecule has 2 heterocycles. The van der Waals surface area contributed by atoms with E-state index in [0.29, 0.717) is 16.8 Å². The summed E-state index contributed by atoms with van der Waals surface area (Å²) in [5.41, 5.74) is 14.6. The number of benzene rings is 1. The fourth-order valence-electron chi connectivity index (χ4n) is 3.04. The number of aromatic nitrogens is 2. The standard InChI is InChI=1S/C15H16FN3O.C8H10N2O/c1-4-11-6-5-10(7-18-11)12-8(2)19-9(3)14(16)13(12)15(17)20;1-6-4-2-3-5-7(6)10-8(9)11/h5-7H,4H2,1-3H3,(H2,17,20);2-5H,1H3,(H3,9,10,11). The molecular formula is C23H26FN5O2. The van der Waals surface area contributed by atoms with Gasteiger partial charge in [-0.15, -0.1) is 0 Å². The average Bonchev–Trinajstić information content (AvgIpc) is 2.72. The van der Waals surface area contributed by atoms with E-state index in [4.69, 9.17) is 11.5 Å². The molecule has 0 atom stereocenters. The minimum atomic E-state index is -0.800. The summed E-state index contributed by atoms with van der Waals surface area (Å²) in [4.78, 5) is 30.4. The van der Waals surface area contributed by atoms with Gasteiger partial charge in [0.15, 0.2) is 5.82 Å². The second-order valence-corrected chi connectivity index (χ2v) is 6.91. The van der Waals surface area contributed by atoms with Gasteiger partial charge >= 0.3 is 6.03 Å². The first-order valence-corrected chi connectivity index (χ1v) is 9.69. The molecule has 5 N–H and O–H groups in total. The lowest BCUT2D eigenvalue weighted by molar-refractivity contribution is 0.0996. The fraction of sp³-hybridized carbons (Fsp3) is 0.217. The van der Waals surface area contributed by atoms with Crippen molar-refractivity contribution in [2.45, 2.75) is 34.1 Å². The molecule has 3 amide bonds. The molecule has 7 nitrogen and oxygen atoms in total. The third kappa shape index (κ3) is 5.85. The highest BCUT2D eigenvalue weighted by Crippen LogP contribution is 2.29. The number of nitrogens with zero attached hydrogens (tertiary/aromatic N) is 2. The van der Waals surface area contributed by atoms with Crippen LogP contribution >= 0.6 is 0 Å². The Morgan fingerprint density at radius 3 is 2.23 bits per heavy atom. The number of amides is 3. The van der Waals surface area contributed by atoms with Gasteiger partial charge in [0.2, 0.25) is 0 Å². The summed E-state index contributed by atoms with van der Waals surface area (Å²) in [7, 11) is 0. The number of pyridine rings is 2. The number of primary amides is 2. The van der Waals surface area contributed by atoms with Gasteiger partial charge < -0.3 is 16.8 Å². The van der Waals surface area contributed by atoms with Crippen molar-refractivity contribution in [2.24, 2.45) is 11.5 Å². The zero-order valence-electron chi connectivity index (χ0n) is 18.0. The van der Waals surface area contributed by atoms with Gasteiger partial charge in [0.25, 0.3) is 5.91 Å². The molecule has 0 saturated carbocycles. The van der Waals surface area contributed by atoms with E-state index < -0.39 is 17.8 Å². The van der Waals surface area contributed by atoms with Gasteiger partial charge in [0, 0.05) is 34.4 Å². The van der Waals surface area contributed by atoms with E-state index in [9.17, 15) is 14.0 Å². The van der Waals surface area contributed by atoms with Crippen LogP contribution in [0.4, 0.5) is 14.9 Å². The van der Waals surface area contributed by atoms with E-state index in [2.05, 4.69) is 15.3 Å². The molecule has 0 aliphatic carbocycles. The Kier molecular flexibility index (Phi) is 7.79. The molecule has 0 radical (unpaired) electrons. The highest BCUT2D eigenvalue weighted by Gasteiger charge is 2.21. The Bertz CT molecular complexity index is 1100. The van der Waals surface area contributed by atoms with E-state index in [-0.39, 0.29) is 11.3 Å². The molecule has 8 heteroatoms. The van der Waals surface area contributed by atoms with Crippen molar-refractivity contribution in [3.63, 3.8) is 0 Å². The normalized spacial score (nSPS) is 10.1. The lowest BCUT2D eigenvalue weighted by atomic mass is 9.97. The molecule has 162 valence electrons. The second kappa shape index (κ2) is 10.3. The lowest BCUT2D eigenvalue weighted by Gasteiger charge is -2.13. The number of hydrogen-bond donors (Lipinski definition) is 3. The van der Waals surface area contributed by atoms with E-state index in [1.165, 1.54) is 6.92 Å². The van der Waals surface area contributed by atoms with Crippen LogP contribution in [0.5, 0.6) is 0 Å². The maximum Gasteiger partial charge on any atom is 0.316 e. The fourth-order valence-corrected chi connectivity index (χ4v) is 3.04. The smallest absolute Gasteiger partial charge is 0.316 e. The zero-order valence-corrected chi connectivity index (χ0v) is 18.0. The number of halogens is 1. The Labute approximate surface area is 180 Å². The molecule has 0 unspecified atom stereocenters. The highest BCUT2D eigenvalue weighted by molar-refractivity contribution is 6.00. The Hall–Kier alpha value is -3.81. The molecule has 3 aromatic rings. The van der Waals surface area contributed by atoms with Crippen LogP contribution in [0.15, 0.2) is 42.6 Å². The third-order valence-corrected chi connectivity index (χ3v) is 4.61. The van der Waals surface area contributed by atoms with Crippen molar-refractivity contribution in [3.05, 3.63) is 76.6 Å². The van der Waals surface area contributed by atoms with E-state index in [1.807, 2.05) is 38.1 Å². The summed E-state index contributed by atoms with van der Waals surface area (Å²) in [6, 6.07) is 10.6. The first kappa shape index (κ1) is 23.5. The van der Waals surface area contributed by atoms with Gasteiger partial charge in [0.1, 0.15) is 0 Å². The molecule has 31 heavy (non-hydrogen) atoms. The maximum absolute atomic E-state index is 14.1. The van der Waals surface area contributed by atoms with Crippen molar-refractivity contribution < 1.29 is 14.0 Å². The number of rotatable bonds is 4. The van der Waals surface area contributed by atoms with Gasteiger partial charge in [-0.25, -0.2) is 9.18 Å². The van der Waals surface area contributed by atoms with Crippen molar-refractivity contribution in [3.8, 4) is 11.1 Å². The predicted molar refractivity (Wildman–Crippen MR) is 119 cm³/mol. The number of urea groups is 1. The number of para-hydroxylation sites is 1. The maximum atomic E-state index is 14.1. The molecule has 0 spiro atoms. The molecule has 0 saturated heterocycles. The zero-order chi connectivity index (χ0) is 23.1. The van der Waals surface area contributed by atoms with E-state index >= 15 is 0 Å². The van der Waals surface area contributed by atoms with Gasteiger partial charge in [-0.1, -0.05) is 31.2 Å². The highest BCUT2D eigenvalue weighted by atomic mass is 19.1. The van der Waals surface area contributed by atoms with E-state index in [1.54, 1.807) is 25.3 Å². The Morgan fingerprint density at radius 2 is 1.71 bits per heavy atom. The van der Waals surface area contributed by atoms with E-state index in [0.717, 1.165) is 23.4 Å². The van der Waals surface area contributed by atoms with Crippen LogP contribution in [-0.2, 0) is 6.42 Å². The minimum absolute atomic E-state index is 0.124. The second-order valence-electron chi connectivity index (χ2n) is 6.91. The van der Waals surface area contributed by atoms with Gasteiger partial charge in [-0.3, -0.25) is 14.8 Å². The molecule has 0 aliphatic heterocycles. The number of nitrogens with one attached hydrogen (secondary N) is 1. The first-order valence-electron chi connectivity index (χ1n) is 9.69. The van der Waals surface area contributed by atoms with Crippen LogP contribution < -0.4 is 16.8 Å². The SMILES string of the molecule is CCc1ccc(-c2c(C)nc(C)c(F)c2C(N)=O)cn1.Cc1ccccc1NC(N)=O.